The molecule has 3 aliphatic rings. The summed E-state index contributed by atoms with van der Waals surface area (Å²) >= 11 is 0. The van der Waals surface area contributed by atoms with Gasteiger partial charge in [-0.3, -0.25) is 0 Å². The van der Waals surface area contributed by atoms with Crippen LogP contribution >= 0.6 is 0 Å². The monoisotopic (exact) mass is 502 g/mol. The van der Waals surface area contributed by atoms with Gasteiger partial charge in [0.1, 0.15) is 0 Å². The molecule has 2 unspecified atom stereocenters. The van der Waals surface area contributed by atoms with Crippen molar-refractivity contribution >= 4 is 11.9 Å². The first-order chi connectivity index (χ1) is 18.5. The Bertz CT molecular complexity index is 1430. The van der Waals surface area contributed by atoms with E-state index in [1.165, 1.54) is 0 Å². The molecule has 0 saturated heterocycles. The zero-order chi connectivity index (χ0) is 26.3. The molecule has 38 heavy (non-hydrogen) atoms. The molecule has 0 fully saturated rings. The molecule has 3 aliphatic carbocycles. The largest absolute Gasteiger partial charge is 0.454 e. The van der Waals surface area contributed by atoms with Gasteiger partial charge in [0.25, 0.3) is 0 Å². The molecule has 0 amide bonds. The maximum absolute atomic E-state index is 13.6. The summed E-state index contributed by atoms with van der Waals surface area (Å²) in [5.74, 6) is -0.799. The van der Waals surface area contributed by atoms with E-state index in [9.17, 15) is 9.59 Å². The second kappa shape index (κ2) is 9.60. The molecular formula is C34H30O4. The Morgan fingerprint density at radius 3 is 1.61 bits per heavy atom. The average molecular weight is 503 g/mol. The van der Waals surface area contributed by atoms with Gasteiger partial charge in [-0.1, -0.05) is 98.8 Å². The second-order valence-corrected chi connectivity index (χ2v) is 10.6. The number of benzene rings is 4. The second-order valence-electron chi connectivity index (χ2n) is 10.6. The minimum Gasteiger partial charge on any atom is -0.454 e. The Hall–Kier alpha value is -4.18. The van der Waals surface area contributed by atoms with Crippen molar-refractivity contribution in [3.8, 4) is 0 Å². The minimum atomic E-state index is -0.694. The molecule has 4 aromatic carbocycles. The Labute approximate surface area is 223 Å². The molecule has 4 aromatic rings. The number of hydrogen-bond acceptors (Lipinski definition) is 4. The van der Waals surface area contributed by atoms with E-state index in [1.54, 1.807) is 24.3 Å². The number of rotatable bonds is 6. The molecule has 0 heterocycles. The van der Waals surface area contributed by atoms with Crippen molar-refractivity contribution in [1.82, 2.24) is 0 Å². The Kier molecular flexibility index (Phi) is 6.11. The zero-order valence-electron chi connectivity index (χ0n) is 21.5. The quantitative estimate of drug-likeness (QED) is 0.268. The van der Waals surface area contributed by atoms with Gasteiger partial charge in [0.05, 0.1) is 22.5 Å². The van der Waals surface area contributed by atoms with Crippen LogP contribution in [0.1, 0.15) is 69.2 Å². The lowest BCUT2D eigenvalue weighted by molar-refractivity contribution is -0.0800. The number of carbonyl (C=O) groups excluding carboxylic acids is 2. The van der Waals surface area contributed by atoms with Crippen molar-refractivity contribution in [3.05, 3.63) is 143 Å². The first-order valence-corrected chi connectivity index (χ1v) is 13.2. The summed E-state index contributed by atoms with van der Waals surface area (Å²) in [4.78, 5) is 27.1. The third-order valence-electron chi connectivity index (χ3n) is 7.89. The third kappa shape index (κ3) is 3.83. The van der Waals surface area contributed by atoms with Gasteiger partial charge >= 0.3 is 11.9 Å². The van der Waals surface area contributed by atoms with Crippen molar-refractivity contribution in [1.29, 1.82) is 0 Å². The van der Waals surface area contributed by atoms with Gasteiger partial charge in [-0.05, 0) is 58.9 Å². The van der Waals surface area contributed by atoms with E-state index < -0.39 is 29.6 Å². The van der Waals surface area contributed by atoms with Crippen LogP contribution in [0.3, 0.4) is 0 Å². The fourth-order valence-electron chi connectivity index (χ4n) is 6.58. The Morgan fingerprint density at radius 1 is 0.658 bits per heavy atom. The summed E-state index contributed by atoms with van der Waals surface area (Å²) < 4.78 is 12.8. The predicted octanol–water partition coefficient (Wildman–Crippen LogP) is 6.93. The molecule has 0 saturated carbocycles. The smallest absolute Gasteiger partial charge is 0.338 e. The summed E-state index contributed by atoms with van der Waals surface area (Å²) in [5, 5.41) is 0. The molecule has 4 heteroatoms. The van der Waals surface area contributed by atoms with Crippen LogP contribution < -0.4 is 0 Å². The fourth-order valence-corrected chi connectivity index (χ4v) is 6.58. The highest BCUT2D eigenvalue weighted by Crippen LogP contribution is 2.60. The Morgan fingerprint density at radius 2 is 1.11 bits per heavy atom. The topological polar surface area (TPSA) is 52.6 Å². The summed E-state index contributed by atoms with van der Waals surface area (Å²) in [6.07, 6.45) is -0.640. The Balaban J connectivity index is 1.55. The average Bonchev–Trinajstić information content (AvgIpc) is 2.95. The van der Waals surface area contributed by atoms with Crippen LogP contribution in [0.4, 0.5) is 0 Å². The molecule has 190 valence electrons. The number of carbonyl (C=O) groups is 2. The van der Waals surface area contributed by atoms with Crippen LogP contribution in [-0.2, 0) is 14.9 Å². The normalized spacial score (nSPS) is 22.9. The third-order valence-corrected chi connectivity index (χ3v) is 7.89. The molecular weight excluding hydrogens is 472 g/mol. The van der Waals surface area contributed by atoms with Crippen LogP contribution in [0.25, 0.3) is 0 Å². The summed E-state index contributed by atoms with van der Waals surface area (Å²) in [6.45, 7) is 4.36. The lowest BCUT2D eigenvalue weighted by Gasteiger charge is -2.56. The lowest BCUT2D eigenvalue weighted by Crippen LogP contribution is -2.61. The standard InChI is InChI=1S/C34H30O4/c1-22(2)21-34-27-19-11-9-17-25(27)29(26-18-10-12-20-28(26)34)30(37-32(35)23-13-5-3-6-14-23)31(34)38-33(36)24-15-7-4-8-16-24/h3-20,22,29-31H,21H2,1-2H3/t29-,30?,31?,34+. The van der Waals surface area contributed by atoms with E-state index in [0.29, 0.717) is 11.1 Å². The highest BCUT2D eigenvalue weighted by atomic mass is 16.6. The zero-order valence-corrected chi connectivity index (χ0v) is 21.5. The van der Waals surface area contributed by atoms with Crippen LogP contribution in [0.15, 0.2) is 109 Å². The van der Waals surface area contributed by atoms with Crippen molar-refractivity contribution in [3.63, 3.8) is 0 Å². The first-order valence-electron chi connectivity index (χ1n) is 13.2. The number of esters is 2. The van der Waals surface area contributed by atoms with Crippen LogP contribution in [-0.4, -0.2) is 24.1 Å². The number of fused-ring (bicyclic) bond motifs is 1. The number of ether oxygens (including phenoxy) is 2. The van der Waals surface area contributed by atoms with Gasteiger partial charge in [-0.15, -0.1) is 0 Å². The van der Waals surface area contributed by atoms with E-state index in [4.69, 9.17) is 9.47 Å². The van der Waals surface area contributed by atoms with Crippen molar-refractivity contribution in [2.24, 2.45) is 5.92 Å². The molecule has 4 nitrogen and oxygen atoms in total. The fraction of sp³-hybridized carbons (Fsp3) is 0.235. The van der Waals surface area contributed by atoms with Crippen LogP contribution in [0, 0.1) is 5.92 Å². The van der Waals surface area contributed by atoms with E-state index >= 15 is 0 Å². The van der Waals surface area contributed by atoms with Gasteiger partial charge in [-0.25, -0.2) is 9.59 Å². The van der Waals surface area contributed by atoms with Crippen molar-refractivity contribution in [2.45, 2.75) is 43.8 Å². The number of hydrogen-bond donors (Lipinski definition) is 0. The highest BCUT2D eigenvalue weighted by molar-refractivity contribution is 5.91. The minimum absolute atomic E-state index is 0.252. The predicted molar refractivity (Wildman–Crippen MR) is 146 cm³/mol. The molecule has 2 atom stereocenters. The van der Waals surface area contributed by atoms with Gasteiger partial charge < -0.3 is 9.47 Å². The maximum atomic E-state index is 13.6. The molecule has 0 radical (unpaired) electrons. The van der Waals surface area contributed by atoms with E-state index in [-0.39, 0.29) is 11.8 Å². The molecule has 2 bridgehead atoms. The van der Waals surface area contributed by atoms with E-state index in [1.807, 2.05) is 60.7 Å². The van der Waals surface area contributed by atoms with Gasteiger partial charge in [0.2, 0.25) is 0 Å². The summed E-state index contributed by atoms with van der Waals surface area (Å²) in [6, 6.07) is 34.8. The molecule has 0 aromatic heterocycles. The van der Waals surface area contributed by atoms with E-state index in [0.717, 1.165) is 28.7 Å². The molecule has 0 aliphatic heterocycles. The van der Waals surface area contributed by atoms with Gasteiger partial charge in [0.15, 0.2) is 12.2 Å². The van der Waals surface area contributed by atoms with Crippen molar-refractivity contribution in [2.75, 3.05) is 0 Å². The first kappa shape index (κ1) is 24.2. The molecule has 0 N–H and O–H groups in total. The summed E-state index contributed by atoms with van der Waals surface area (Å²) in [7, 11) is 0. The SMILES string of the molecule is CC(C)C[C@]12c3ccccc3[C@H](c3ccccc31)C(OC(=O)c1ccccc1)C2OC(=O)c1ccccc1. The lowest BCUT2D eigenvalue weighted by atomic mass is 9.50. The van der Waals surface area contributed by atoms with Gasteiger partial charge in [-0.2, -0.15) is 0 Å². The van der Waals surface area contributed by atoms with Crippen LogP contribution in [0.5, 0.6) is 0 Å². The molecule has 7 rings (SSSR count). The van der Waals surface area contributed by atoms with E-state index in [2.05, 4.69) is 38.1 Å². The highest BCUT2D eigenvalue weighted by Gasteiger charge is 2.62. The van der Waals surface area contributed by atoms with Crippen LogP contribution in [0.2, 0.25) is 0 Å². The maximum Gasteiger partial charge on any atom is 0.338 e. The van der Waals surface area contributed by atoms with Gasteiger partial charge in [0, 0.05) is 0 Å². The van der Waals surface area contributed by atoms with Crippen molar-refractivity contribution < 1.29 is 19.1 Å². The summed E-state index contributed by atoms with van der Waals surface area (Å²) in [5.41, 5.74) is 4.84. The molecule has 0 spiro atoms.